The minimum Gasteiger partial charge on any atom is -0.339 e. The number of carbonyl (C=O) groups is 2. The third-order valence-electron chi connectivity index (χ3n) is 5.40. The number of nitrogens with one attached hydrogen (secondary N) is 1. The number of nitrogens with zero attached hydrogens (tertiary/aromatic N) is 3. The van der Waals surface area contributed by atoms with Crippen LogP contribution in [0.4, 0.5) is 11.4 Å². The normalized spacial score (nSPS) is 14.7. The Labute approximate surface area is 190 Å². The lowest BCUT2D eigenvalue weighted by Crippen LogP contribution is -2.44. The molecule has 1 fully saturated rings. The standard InChI is InChI=1S/C23H30N4O4S/c1-25(2)32(30,31)27(19-12-6-5-7-13-19)18-22(28)24-21-15-9-8-14-20(21)23(29)26-16-10-3-4-11-17-26/h5-9,12-15H,3-4,10-11,16-18H2,1-2H3,(H,24,28). The molecule has 0 aliphatic carbocycles. The van der Waals surface area contributed by atoms with E-state index in [-0.39, 0.29) is 5.91 Å². The molecule has 0 spiro atoms. The third kappa shape index (κ3) is 5.66. The number of para-hydroxylation sites is 2. The molecule has 0 radical (unpaired) electrons. The second-order valence-corrected chi connectivity index (χ2v) is 10.00. The van der Waals surface area contributed by atoms with Gasteiger partial charge in [-0.3, -0.25) is 9.59 Å². The van der Waals surface area contributed by atoms with Gasteiger partial charge in [0, 0.05) is 27.2 Å². The summed E-state index contributed by atoms with van der Waals surface area (Å²) in [6, 6.07) is 15.3. The summed E-state index contributed by atoms with van der Waals surface area (Å²) >= 11 is 0. The van der Waals surface area contributed by atoms with Gasteiger partial charge in [0.2, 0.25) is 5.91 Å². The maximum atomic E-state index is 13.1. The first kappa shape index (κ1) is 23.7. The Hall–Kier alpha value is -2.91. The Morgan fingerprint density at radius 2 is 1.50 bits per heavy atom. The van der Waals surface area contributed by atoms with Crippen LogP contribution in [0.1, 0.15) is 36.0 Å². The number of carbonyl (C=O) groups excluding carboxylic acids is 2. The molecule has 3 rings (SSSR count). The topological polar surface area (TPSA) is 90.0 Å². The fourth-order valence-corrected chi connectivity index (χ4v) is 4.70. The summed E-state index contributed by atoms with van der Waals surface area (Å²) in [5.74, 6) is -0.654. The Morgan fingerprint density at radius 1 is 0.906 bits per heavy atom. The summed E-state index contributed by atoms with van der Waals surface area (Å²) in [5, 5.41) is 2.75. The molecule has 1 heterocycles. The molecule has 1 N–H and O–H groups in total. The van der Waals surface area contributed by atoms with E-state index in [1.807, 2.05) is 4.90 Å². The molecule has 0 aromatic heterocycles. The van der Waals surface area contributed by atoms with Gasteiger partial charge in [-0.1, -0.05) is 43.2 Å². The van der Waals surface area contributed by atoms with Crippen LogP contribution in [-0.4, -0.2) is 63.2 Å². The molecule has 9 heteroatoms. The van der Waals surface area contributed by atoms with Crippen LogP contribution in [-0.2, 0) is 15.0 Å². The minimum absolute atomic E-state index is 0.122. The summed E-state index contributed by atoms with van der Waals surface area (Å²) in [4.78, 5) is 27.8. The van der Waals surface area contributed by atoms with Crippen molar-refractivity contribution in [3.63, 3.8) is 0 Å². The zero-order chi connectivity index (χ0) is 23.1. The second-order valence-electron chi connectivity index (χ2n) is 7.93. The number of rotatable bonds is 7. The van der Waals surface area contributed by atoms with Crippen LogP contribution in [0.15, 0.2) is 54.6 Å². The zero-order valence-electron chi connectivity index (χ0n) is 18.5. The average molecular weight is 459 g/mol. The van der Waals surface area contributed by atoms with E-state index in [1.165, 1.54) is 14.1 Å². The average Bonchev–Trinajstić information content (AvgIpc) is 3.07. The molecule has 2 aromatic rings. The first-order chi connectivity index (χ1) is 15.3. The first-order valence-electron chi connectivity index (χ1n) is 10.7. The van der Waals surface area contributed by atoms with Gasteiger partial charge in [-0.05, 0) is 37.1 Å². The lowest BCUT2D eigenvalue weighted by molar-refractivity contribution is -0.114. The SMILES string of the molecule is CN(C)S(=O)(=O)N(CC(=O)Nc1ccccc1C(=O)N1CCCCCC1)c1ccccc1. The van der Waals surface area contributed by atoms with Gasteiger partial charge in [0.05, 0.1) is 16.9 Å². The number of anilines is 2. The Bertz CT molecular complexity index is 1030. The molecule has 0 bridgehead atoms. The highest BCUT2D eigenvalue weighted by molar-refractivity contribution is 7.90. The number of benzene rings is 2. The molecule has 8 nitrogen and oxygen atoms in total. The van der Waals surface area contributed by atoms with Gasteiger partial charge >= 0.3 is 10.2 Å². The molecule has 2 amide bonds. The zero-order valence-corrected chi connectivity index (χ0v) is 19.3. The van der Waals surface area contributed by atoms with Crippen molar-refractivity contribution in [3.8, 4) is 0 Å². The predicted octanol–water partition coefficient (Wildman–Crippen LogP) is 2.95. The van der Waals surface area contributed by atoms with Crippen molar-refractivity contribution in [2.75, 3.05) is 43.4 Å². The van der Waals surface area contributed by atoms with E-state index in [1.54, 1.807) is 54.6 Å². The molecule has 0 unspecified atom stereocenters. The van der Waals surface area contributed by atoms with E-state index in [0.717, 1.165) is 34.3 Å². The van der Waals surface area contributed by atoms with E-state index in [4.69, 9.17) is 0 Å². The minimum atomic E-state index is -3.90. The van der Waals surface area contributed by atoms with Crippen molar-refractivity contribution in [1.82, 2.24) is 9.21 Å². The Kier molecular flexibility index (Phi) is 7.87. The van der Waals surface area contributed by atoms with E-state index in [2.05, 4.69) is 5.32 Å². The van der Waals surface area contributed by atoms with Crippen LogP contribution in [0, 0.1) is 0 Å². The third-order valence-corrected chi connectivity index (χ3v) is 7.22. The van der Waals surface area contributed by atoms with E-state index >= 15 is 0 Å². The molecular weight excluding hydrogens is 428 g/mol. The summed E-state index contributed by atoms with van der Waals surface area (Å²) in [5.41, 5.74) is 1.16. The number of amides is 2. The first-order valence-corrected chi connectivity index (χ1v) is 12.1. The maximum absolute atomic E-state index is 13.1. The monoisotopic (exact) mass is 458 g/mol. The van der Waals surface area contributed by atoms with Gasteiger partial charge in [-0.2, -0.15) is 12.7 Å². The lowest BCUT2D eigenvalue weighted by Gasteiger charge is -2.27. The Morgan fingerprint density at radius 3 is 2.12 bits per heavy atom. The van der Waals surface area contributed by atoms with Crippen molar-refractivity contribution in [1.29, 1.82) is 0 Å². The summed E-state index contributed by atoms with van der Waals surface area (Å²) < 4.78 is 27.8. The van der Waals surface area contributed by atoms with E-state index < -0.39 is 22.7 Å². The van der Waals surface area contributed by atoms with Crippen molar-refractivity contribution in [2.24, 2.45) is 0 Å². The Balaban J connectivity index is 1.81. The highest BCUT2D eigenvalue weighted by Crippen LogP contribution is 2.22. The highest BCUT2D eigenvalue weighted by atomic mass is 32.2. The van der Waals surface area contributed by atoms with Crippen LogP contribution in [0.3, 0.4) is 0 Å². The molecule has 1 aliphatic heterocycles. The second kappa shape index (κ2) is 10.6. The molecule has 1 saturated heterocycles. The van der Waals surface area contributed by atoms with E-state index in [0.29, 0.717) is 30.0 Å². The molecule has 0 atom stereocenters. The van der Waals surface area contributed by atoms with E-state index in [9.17, 15) is 18.0 Å². The smallest absolute Gasteiger partial charge is 0.304 e. The number of likely N-dealkylation sites (tertiary alicyclic amines) is 1. The van der Waals surface area contributed by atoms with Crippen molar-refractivity contribution in [3.05, 3.63) is 60.2 Å². The lowest BCUT2D eigenvalue weighted by atomic mass is 10.1. The molecule has 0 saturated carbocycles. The summed E-state index contributed by atoms with van der Waals surface area (Å²) in [6.45, 7) is 0.977. The number of hydrogen-bond donors (Lipinski definition) is 1. The van der Waals surface area contributed by atoms with Crippen LogP contribution >= 0.6 is 0 Å². The van der Waals surface area contributed by atoms with Gasteiger partial charge in [-0.25, -0.2) is 4.31 Å². The largest absolute Gasteiger partial charge is 0.339 e. The fraction of sp³-hybridized carbons (Fsp3) is 0.391. The van der Waals surface area contributed by atoms with Crippen LogP contribution < -0.4 is 9.62 Å². The van der Waals surface area contributed by atoms with Crippen LogP contribution in [0.5, 0.6) is 0 Å². The summed E-state index contributed by atoms with van der Waals surface area (Å²) in [6.07, 6.45) is 4.15. The van der Waals surface area contributed by atoms with Gasteiger partial charge in [0.25, 0.3) is 5.91 Å². The fourth-order valence-electron chi connectivity index (χ4n) is 3.64. The molecular formula is C23H30N4O4S. The summed E-state index contributed by atoms with van der Waals surface area (Å²) in [7, 11) is -1.07. The van der Waals surface area contributed by atoms with Crippen molar-refractivity contribution >= 4 is 33.4 Å². The number of hydrogen-bond acceptors (Lipinski definition) is 4. The van der Waals surface area contributed by atoms with Gasteiger partial charge in [0.1, 0.15) is 6.54 Å². The van der Waals surface area contributed by atoms with Gasteiger partial charge in [-0.15, -0.1) is 0 Å². The van der Waals surface area contributed by atoms with Gasteiger partial charge in [0.15, 0.2) is 0 Å². The van der Waals surface area contributed by atoms with Crippen molar-refractivity contribution in [2.45, 2.75) is 25.7 Å². The van der Waals surface area contributed by atoms with Crippen LogP contribution in [0.25, 0.3) is 0 Å². The predicted molar refractivity (Wildman–Crippen MR) is 126 cm³/mol. The van der Waals surface area contributed by atoms with Crippen LogP contribution in [0.2, 0.25) is 0 Å². The molecule has 32 heavy (non-hydrogen) atoms. The van der Waals surface area contributed by atoms with Gasteiger partial charge < -0.3 is 10.2 Å². The highest BCUT2D eigenvalue weighted by Gasteiger charge is 2.28. The molecule has 1 aliphatic rings. The molecule has 172 valence electrons. The maximum Gasteiger partial charge on any atom is 0.304 e. The molecule has 2 aromatic carbocycles. The quantitative estimate of drug-likeness (QED) is 0.691. The van der Waals surface area contributed by atoms with Crippen molar-refractivity contribution < 1.29 is 18.0 Å².